The number of rotatable bonds is 6. The summed E-state index contributed by atoms with van der Waals surface area (Å²) >= 11 is 0. The van der Waals surface area contributed by atoms with Crippen LogP contribution in [0.4, 0.5) is 9.59 Å². The molecule has 2 aliphatic carbocycles. The lowest BCUT2D eigenvalue weighted by molar-refractivity contribution is -0.151. The van der Waals surface area contributed by atoms with Gasteiger partial charge in [-0.2, -0.15) is 0 Å². The first-order valence-electron chi connectivity index (χ1n) is 10.8. The van der Waals surface area contributed by atoms with Crippen molar-refractivity contribution in [2.75, 3.05) is 13.2 Å². The molecule has 4 aliphatic rings. The number of fused-ring (bicyclic) bond motifs is 1. The Labute approximate surface area is 187 Å². The minimum absolute atomic E-state index is 0.0920. The Morgan fingerprint density at radius 3 is 1.81 bits per heavy atom. The van der Waals surface area contributed by atoms with Gasteiger partial charge >= 0.3 is 24.1 Å². The molecule has 1 fully saturated rings. The van der Waals surface area contributed by atoms with Crippen LogP contribution in [0.2, 0.25) is 0 Å². The highest BCUT2D eigenvalue weighted by Crippen LogP contribution is 2.54. The van der Waals surface area contributed by atoms with Crippen molar-refractivity contribution in [3.63, 3.8) is 0 Å². The van der Waals surface area contributed by atoms with Crippen LogP contribution in [0.3, 0.4) is 0 Å². The average molecular weight is 450 g/mol. The quantitative estimate of drug-likeness (QED) is 0.345. The number of carbonyl (C=O) groups is 4. The van der Waals surface area contributed by atoms with Gasteiger partial charge in [0.15, 0.2) is 0 Å². The molecule has 0 aromatic heterocycles. The number of ether oxygens (including phenoxy) is 4. The van der Waals surface area contributed by atoms with Crippen LogP contribution >= 0.6 is 0 Å². The number of carbonyl (C=O) groups excluding carboxylic acids is 4. The topological polar surface area (TPSA) is 112 Å². The number of esters is 2. The number of hydrazine groups is 1. The highest BCUT2D eigenvalue weighted by Gasteiger charge is 2.62. The highest BCUT2D eigenvalue weighted by atomic mass is 16.6. The second kappa shape index (κ2) is 9.22. The molecule has 0 N–H and O–H groups in total. The molecule has 1 saturated heterocycles. The van der Waals surface area contributed by atoms with Crippen LogP contribution in [0.1, 0.15) is 41.5 Å². The van der Waals surface area contributed by atoms with Crippen LogP contribution in [0.15, 0.2) is 23.3 Å². The first-order chi connectivity index (χ1) is 15.1. The lowest BCUT2D eigenvalue weighted by atomic mass is 9.58. The Kier molecular flexibility index (Phi) is 6.80. The van der Waals surface area contributed by atoms with Crippen molar-refractivity contribution in [3.8, 4) is 0 Å². The van der Waals surface area contributed by atoms with Crippen molar-refractivity contribution in [1.82, 2.24) is 10.0 Å². The van der Waals surface area contributed by atoms with Crippen molar-refractivity contribution >= 4 is 24.1 Å². The molecule has 0 radical (unpaired) electrons. The molecule has 4 atom stereocenters. The molecule has 0 spiro atoms. The van der Waals surface area contributed by atoms with Crippen LogP contribution in [-0.4, -0.2) is 71.6 Å². The van der Waals surface area contributed by atoms with Gasteiger partial charge in [-0.1, -0.05) is 12.2 Å². The molecule has 4 rings (SSSR count). The number of nitrogens with zero attached hydrogens (tertiary/aromatic N) is 2. The number of hydrogen-bond donors (Lipinski definition) is 0. The third-order valence-corrected chi connectivity index (χ3v) is 5.48. The zero-order valence-corrected chi connectivity index (χ0v) is 19.2. The summed E-state index contributed by atoms with van der Waals surface area (Å²) in [4.78, 5) is 50.1. The standard InChI is InChI=1S/C22H30N2O8/c1-7-29-20(26)18-14(10-30-13(6)25)17-15-8-9-16(19(17)18)24(22(28)32-12(4)5)23(15)21(27)31-11(2)3/h8-9,11-12,15-17,19H,7,10H2,1-6H3/t15-,16+,17+,19-/m0/s1. The molecule has 32 heavy (non-hydrogen) atoms. The maximum atomic E-state index is 13.0. The number of amides is 2. The van der Waals surface area contributed by atoms with Gasteiger partial charge in [-0.15, -0.1) is 0 Å². The summed E-state index contributed by atoms with van der Waals surface area (Å²) in [6.07, 6.45) is 1.37. The Bertz CT molecular complexity index is 862. The summed E-state index contributed by atoms with van der Waals surface area (Å²) in [6, 6.07) is -1.27. The highest BCUT2D eigenvalue weighted by molar-refractivity contribution is 5.94. The molecule has 0 unspecified atom stereocenters. The molecule has 2 heterocycles. The molecule has 10 heteroatoms. The fourth-order valence-corrected chi connectivity index (χ4v) is 4.48. The Morgan fingerprint density at radius 1 is 0.875 bits per heavy atom. The second-order valence-corrected chi connectivity index (χ2v) is 8.41. The lowest BCUT2D eigenvalue weighted by Gasteiger charge is -2.60. The molecule has 0 aromatic carbocycles. The van der Waals surface area contributed by atoms with E-state index in [1.807, 2.05) is 6.08 Å². The summed E-state index contributed by atoms with van der Waals surface area (Å²) in [5, 5.41) is 2.46. The third-order valence-electron chi connectivity index (χ3n) is 5.48. The number of hydrogen-bond acceptors (Lipinski definition) is 8. The zero-order valence-electron chi connectivity index (χ0n) is 19.2. The van der Waals surface area contributed by atoms with E-state index in [1.54, 1.807) is 40.7 Å². The molecular weight excluding hydrogens is 420 g/mol. The molecule has 2 amide bonds. The van der Waals surface area contributed by atoms with Crippen LogP contribution in [0.25, 0.3) is 0 Å². The Hall–Kier alpha value is -3.04. The summed E-state index contributed by atoms with van der Waals surface area (Å²) in [6.45, 7) is 9.90. The molecule has 176 valence electrons. The van der Waals surface area contributed by atoms with E-state index < -0.39 is 54.3 Å². The van der Waals surface area contributed by atoms with Gasteiger partial charge < -0.3 is 18.9 Å². The van der Waals surface area contributed by atoms with Gasteiger partial charge in [0, 0.05) is 24.3 Å². The average Bonchev–Trinajstić information content (AvgIpc) is 2.66. The molecule has 10 nitrogen and oxygen atoms in total. The van der Waals surface area contributed by atoms with Gasteiger partial charge in [-0.3, -0.25) is 4.79 Å². The predicted octanol–water partition coefficient (Wildman–Crippen LogP) is 2.58. The van der Waals surface area contributed by atoms with Crippen molar-refractivity contribution in [2.24, 2.45) is 11.8 Å². The van der Waals surface area contributed by atoms with Crippen molar-refractivity contribution in [1.29, 1.82) is 0 Å². The maximum absolute atomic E-state index is 13.0. The molecule has 2 aliphatic heterocycles. The second-order valence-electron chi connectivity index (χ2n) is 8.41. The van der Waals surface area contributed by atoms with Gasteiger partial charge in [0.05, 0.1) is 30.9 Å². The van der Waals surface area contributed by atoms with Crippen LogP contribution in [-0.2, 0) is 28.5 Å². The van der Waals surface area contributed by atoms with E-state index in [0.29, 0.717) is 11.1 Å². The molecular formula is C22H30N2O8. The largest absolute Gasteiger partial charge is 0.463 e. The van der Waals surface area contributed by atoms with Gasteiger partial charge in [0.1, 0.15) is 6.61 Å². The zero-order chi connectivity index (χ0) is 23.7. The Morgan fingerprint density at radius 2 is 1.38 bits per heavy atom. The molecule has 0 saturated carbocycles. The molecule has 0 aromatic rings. The predicted molar refractivity (Wildman–Crippen MR) is 111 cm³/mol. The van der Waals surface area contributed by atoms with Gasteiger partial charge in [0.25, 0.3) is 0 Å². The van der Waals surface area contributed by atoms with Crippen molar-refractivity contribution in [2.45, 2.75) is 65.8 Å². The fraction of sp³-hybridized carbons (Fsp3) is 0.636. The molecule has 2 bridgehead atoms. The lowest BCUT2D eigenvalue weighted by Crippen LogP contribution is -2.72. The fourth-order valence-electron chi connectivity index (χ4n) is 4.48. The summed E-state index contributed by atoms with van der Waals surface area (Å²) in [5.41, 5.74) is 0.957. The normalized spacial score (nSPS) is 25.5. The minimum atomic E-state index is -0.713. The van der Waals surface area contributed by atoms with E-state index in [0.717, 1.165) is 0 Å². The van der Waals surface area contributed by atoms with Crippen LogP contribution in [0.5, 0.6) is 0 Å². The van der Waals surface area contributed by atoms with Crippen LogP contribution in [0, 0.1) is 11.8 Å². The maximum Gasteiger partial charge on any atom is 0.429 e. The first-order valence-corrected chi connectivity index (χ1v) is 10.8. The van der Waals surface area contributed by atoms with E-state index in [2.05, 4.69) is 0 Å². The smallest absolute Gasteiger partial charge is 0.429 e. The van der Waals surface area contributed by atoms with Gasteiger partial charge in [-0.05, 0) is 40.2 Å². The van der Waals surface area contributed by atoms with E-state index in [1.165, 1.54) is 16.9 Å². The van der Waals surface area contributed by atoms with Gasteiger partial charge in [0.2, 0.25) is 0 Å². The van der Waals surface area contributed by atoms with Crippen molar-refractivity contribution < 1.29 is 38.1 Å². The summed E-state index contributed by atoms with van der Waals surface area (Å²) < 4.78 is 21.2. The van der Waals surface area contributed by atoms with E-state index in [9.17, 15) is 19.2 Å². The van der Waals surface area contributed by atoms with E-state index in [4.69, 9.17) is 18.9 Å². The summed E-state index contributed by atoms with van der Waals surface area (Å²) in [7, 11) is 0. The summed E-state index contributed by atoms with van der Waals surface area (Å²) in [5.74, 6) is -1.76. The monoisotopic (exact) mass is 450 g/mol. The van der Waals surface area contributed by atoms with E-state index in [-0.39, 0.29) is 19.1 Å². The minimum Gasteiger partial charge on any atom is -0.463 e. The van der Waals surface area contributed by atoms with E-state index >= 15 is 0 Å². The van der Waals surface area contributed by atoms with Gasteiger partial charge in [-0.25, -0.2) is 24.4 Å². The third kappa shape index (κ3) is 4.18. The SMILES string of the molecule is CCOC(=O)C1=C(COC(C)=O)[C@H]2[C@@H]1[C@H]1C=C[C@@H]2N(C(=O)OC(C)C)N1C(=O)OC(C)C. The Balaban J connectivity index is 2.04. The first kappa shape index (κ1) is 23.6. The van der Waals surface area contributed by atoms with Crippen molar-refractivity contribution in [3.05, 3.63) is 23.3 Å². The van der Waals surface area contributed by atoms with Crippen LogP contribution < -0.4 is 0 Å².